The molecule has 1 N–H and O–H groups in total. The van der Waals surface area contributed by atoms with Gasteiger partial charge in [0.25, 0.3) is 0 Å². The van der Waals surface area contributed by atoms with Gasteiger partial charge in [0.2, 0.25) is 5.91 Å². The van der Waals surface area contributed by atoms with Crippen LogP contribution in [-0.2, 0) is 14.3 Å². The molecular weight excluding hydrogens is 218 g/mol. The van der Waals surface area contributed by atoms with E-state index in [4.69, 9.17) is 4.74 Å². The van der Waals surface area contributed by atoms with Crippen LogP contribution in [0.25, 0.3) is 0 Å². The SMILES string of the molecule is COC(=O)C(NC(=O)C1(C)CCCC1)C(C)C. The summed E-state index contributed by atoms with van der Waals surface area (Å²) in [4.78, 5) is 23.8. The number of hydrogen-bond donors (Lipinski definition) is 1. The van der Waals surface area contributed by atoms with E-state index in [1.165, 1.54) is 7.11 Å². The summed E-state index contributed by atoms with van der Waals surface area (Å²) in [6.07, 6.45) is 4.00. The molecule has 98 valence electrons. The Morgan fingerprint density at radius 1 is 1.24 bits per heavy atom. The summed E-state index contributed by atoms with van der Waals surface area (Å²) < 4.78 is 4.72. The minimum Gasteiger partial charge on any atom is -0.467 e. The van der Waals surface area contributed by atoms with Gasteiger partial charge in [0.05, 0.1) is 7.11 Å². The molecule has 0 aromatic carbocycles. The predicted molar refractivity (Wildman–Crippen MR) is 65.4 cm³/mol. The first kappa shape index (κ1) is 14.0. The predicted octanol–water partition coefficient (Wildman–Crippen LogP) is 1.88. The monoisotopic (exact) mass is 241 g/mol. The highest BCUT2D eigenvalue weighted by atomic mass is 16.5. The highest BCUT2D eigenvalue weighted by Crippen LogP contribution is 2.37. The summed E-state index contributed by atoms with van der Waals surface area (Å²) >= 11 is 0. The lowest BCUT2D eigenvalue weighted by Crippen LogP contribution is -2.49. The molecule has 1 fully saturated rings. The molecule has 17 heavy (non-hydrogen) atoms. The van der Waals surface area contributed by atoms with Crippen LogP contribution in [0.4, 0.5) is 0 Å². The van der Waals surface area contributed by atoms with E-state index in [0.717, 1.165) is 25.7 Å². The van der Waals surface area contributed by atoms with Crippen LogP contribution in [0.2, 0.25) is 0 Å². The van der Waals surface area contributed by atoms with Crippen molar-refractivity contribution in [2.45, 2.75) is 52.5 Å². The number of carbonyl (C=O) groups is 2. The molecule has 0 aromatic rings. The number of rotatable bonds is 4. The normalized spacial score (nSPS) is 20.1. The van der Waals surface area contributed by atoms with E-state index >= 15 is 0 Å². The second-order valence-electron chi connectivity index (χ2n) is 5.49. The van der Waals surface area contributed by atoms with Gasteiger partial charge < -0.3 is 10.1 Å². The molecule has 1 unspecified atom stereocenters. The Hall–Kier alpha value is -1.06. The Balaban J connectivity index is 2.67. The maximum absolute atomic E-state index is 12.2. The van der Waals surface area contributed by atoms with Gasteiger partial charge in [-0.1, -0.05) is 33.6 Å². The lowest BCUT2D eigenvalue weighted by molar-refractivity contribution is -0.147. The van der Waals surface area contributed by atoms with E-state index in [2.05, 4.69) is 5.32 Å². The standard InChI is InChI=1S/C13H23NO3/c1-9(2)10(11(15)17-4)14-12(16)13(3)7-5-6-8-13/h9-10H,5-8H2,1-4H3,(H,14,16). The number of esters is 1. The van der Waals surface area contributed by atoms with E-state index in [-0.39, 0.29) is 23.2 Å². The van der Waals surface area contributed by atoms with Crippen molar-refractivity contribution >= 4 is 11.9 Å². The molecule has 4 nitrogen and oxygen atoms in total. The molecule has 0 spiro atoms. The van der Waals surface area contributed by atoms with Crippen LogP contribution in [0.3, 0.4) is 0 Å². The summed E-state index contributed by atoms with van der Waals surface area (Å²) in [6, 6.07) is -0.537. The minimum absolute atomic E-state index is 0.0147. The second kappa shape index (κ2) is 5.52. The van der Waals surface area contributed by atoms with Crippen molar-refractivity contribution in [1.29, 1.82) is 0 Å². The molecule has 0 bridgehead atoms. The second-order valence-corrected chi connectivity index (χ2v) is 5.49. The third-order valence-electron chi connectivity index (χ3n) is 3.66. The Kier molecular flexibility index (Phi) is 4.54. The number of hydrogen-bond acceptors (Lipinski definition) is 3. The van der Waals surface area contributed by atoms with Gasteiger partial charge in [0.1, 0.15) is 6.04 Å². The minimum atomic E-state index is -0.537. The molecule has 1 aliphatic rings. The molecule has 1 saturated carbocycles. The van der Waals surface area contributed by atoms with Crippen LogP contribution in [0.1, 0.15) is 46.5 Å². The Morgan fingerprint density at radius 2 is 1.76 bits per heavy atom. The fourth-order valence-electron chi connectivity index (χ4n) is 2.32. The van der Waals surface area contributed by atoms with E-state index in [1.807, 2.05) is 20.8 Å². The van der Waals surface area contributed by atoms with Gasteiger partial charge in [-0.15, -0.1) is 0 Å². The topological polar surface area (TPSA) is 55.4 Å². The van der Waals surface area contributed by atoms with Crippen LogP contribution in [0, 0.1) is 11.3 Å². The third-order valence-corrected chi connectivity index (χ3v) is 3.66. The van der Waals surface area contributed by atoms with Crippen LogP contribution in [-0.4, -0.2) is 25.0 Å². The Morgan fingerprint density at radius 3 is 2.18 bits per heavy atom. The summed E-state index contributed by atoms with van der Waals surface area (Å²) in [6.45, 7) is 5.78. The zero-order valence-electron chi connectivity index (χ0n) is 11.2. The quantitative estimate of drug-likeness (QED) is 0.765. The third kappa shape index (κ3) is 3.20. The average molecular weight is 241 g/mol. The first-order valence-corrected chi connectivity index (χ1v) is 6.29. The van der Waals surface area contributed by atoms with E-state index in [9.17, 15) is 9.59 Å². The highest BCUT2D eigenvalue weighted by Gasteiger charge is 2.38. The van der Waals surface area contributed by atoms with Crippen molar-refractivity contribution in [3.8, 4) is 0 Å². The Bertz CT molecular complexity index is 293. The van der Waals surface area contributed by atoms with Crippen molar-refractivity contribution < 1.29 is 14.3 Å². The molecule has 0 heterocycles. The van der Waals surface area contributed by atoms with Gasteiger partial charge in [-0.2, -0.15) is 0 Å². The molecule has 1 amide bonds. The van der Waals surface area contributed by atoms with Crippen molar-refractivity contribution in [2.75, 3.05) is 7.11 Å². The van der Waals surface area contributed by atoms with Crippen LogP contribution in [0.15, 0.2) is 0 Å². The van der Waals surface area contributed by atoms with Crippen molar-refractivity contribution in [1.82, 2.24) is 5.32 Å². The lowest BCUT2D eigenvalue weighted by Gasteiger charge is -2.27. The molecule has 0 aliphatic heterocycles. The zero-order chi connectivity index (χ0) is 13.1. The number of ether oxygens (including phenoxy) is 1. The largest absolute Gasteiger partial charge is 0.467 e. The van der Waals surface area contributed by atoms with Gasteiger partial charge in [-0.3, -0.25) is 4.79 Å². The fraction of sp³-hybridized carbons (Fsp3) is 0.846. The average Bonchev–Trinajstić information content (AvgIpc) is 2.72. The summed E-state index contributed by atoms with van der Waals surface area (Å²) in [5, 5.41) is 2.84. The smallest absolute Gasteiger partial charge is 0.328 e. The van der Waals surface area contributed by atoms with Gasteiger partial charge in [-0.05, 0) is 18.8 Å². The van der Waals surface area contributed by atoms with Crippen molar-refractivity contribution in [3.63, 3.8) is 0 Å². The van der Waals surface area contributed by atoms with Crippen LogP contribution in [0.5, 0.6) is 0 Å². The summed E-state index contributed by atoms with van der Waals surface area (Å²) in [5.74, 6) is -0.342. The molecule has 1 atom stereocenters. The van der Waals surface area contributed by atoms with Crippen molar-refractivity contribution in [2.24, 2.45) is 11.3 Å². The molecule has 0 radical (unpaired) electrons. The number of carbonyl (C=O) groups excluding carboxylic acids is 2. The molecule has 0 saturated heterocycles. The molecule has 1 aliphatic carbocycles. The van der Waals surface area contributed by atoms with Crippen LogP contribution >= 0.6 is 0 Å². The Labute approximate surface area is 103 Å². The first-order chi connectivity index (χ1) is 7.90. The van der Waals surface area contributed by atoms with E-state index in [1.54, 1.807) is 0 Å². The van der Waals surface area contributed by atoms with Gasteiger partial charge >= 0.3 is 5.97 Å². The summed E-state index contributed by atoms with van der Waals surface area (Å²) in [5.41, 5.74) is -0.304. The van der Waals surface area contributed by atoms with Crippen molar-refractivity contribution in [3.05, 3.63) is 0 Å². The maximum Gasteiger partial charge on any atom is 0.328 e. The number of methoxy groups -OCH3 is 1. The zero-order valence-corrected chi connectivity index (χ0v) is 11.2. The summed E-state index contributed by atoms with van der Waals surface area (Å²) in [7, 11) is 1.35. The lowest BCUT2D eigenvalue weighted by atomic mass is 9.87. The first-order valence-electron chi connectivity index (χ1n) is 6.29. The fourth-order valence-corrected chi connectivity index (χ4v) is 2.32. The maximum atomic E-state index is 12.2. The van der Waals surface area contributed by atoms with E-state index < -0.39 is 6.04 Å². The van der Waals surface area contributed by atoms with Gasteiger partial charge in [0, 0.05) is 5.41 Å². The highest BCUT2D eigenvalue weighted by molar-refractivity contribution is 5.88. The number of amides is 1. The number of nitrogens with one attached hydrogen (secondary N) is 1. The van der Waals surface area contributed by atoms with E-state index in [0.29, 0.717) is 0 Å². The van der Waals surface area contributed by atoms with Gasteiger partial charge in [-0.25, -0.2) is 4.79 Å². The molecule has 1 rings (SSSR count). The molecular formula is C13H23NO3. The molecule has 4 heteroatoms. The van der Waals surface area contributed by atoms with Crippen LogP contribution < -0.4 is 5.32 Å². The van der Waals surface area contributed by atoms with Gasteiger partial charge in [0.15, 0.2) is 0 Å². The molecule has 0 aromatic heterocycles.